The minimum Gasteiger partial charge on any atom is -0.296 e. The summed E-state index contributed by atoms with van der Waals surface area (Å²) in [7, 11) is 2.05. The van der Waals surface area contributed by atoms with Gasteiger partial charge in [0.15, 0.2) is 5.15 Å². The summed E-state index contributed by atoms with van der Waals surface area (Å²) in [5, 5.41) is 8.24. The van der Waals surface area contributed by atoms with E-state index in [1.807, 2.05) is 6.07 Å². The fourth-order valence-electron chi connectivity index (χ4n) is 1.30. The lowest BCUT2D eigenvalue weighted by atomic mass is 10.3. The molecule has 0 saturated heterocycles. The third kappa shape index (κ3) is 1.21. The van der Waals surface area contributed by atoms with Gasteiger partial charge in [0.05, 0.1) is 5.69 Å². The molecule has 0 fully saturated rings. The predicted octanol–water partition coefficient (Wildman–Crippen LogP) is 1.08. The van der Waals surface area contributed by atoms with Crippen LogP contribution in [0.25, 0.3) is 0 Å². The lowest BCUT2D eigenvalue weighted by Crippen LogP contribution is -2.07. The van der Waals surface area contributed by atoms with E-state index in [-0.39, 0.29) is 0 Å². The normalized spacial score (nSPS) is 16.9. The van der Waals surface area contributed by atoms with E-state index in [0.29, 0.717) is 5.15 Å². The Morgan fingerprint density at radius 2 is 2.27 bits per heavy atom. The summed E-state index contributed by atoms with van der Waals surface area (Å²) in [6.07, 6.45) is 0. The van der Waals surface area contributed by atoms with E-state index in [4.69, 9.17) is 11.6 Å². The van der Waals surface area contributed by atoms with Crippen LogP contribution >= 0.6 is 11.6 Å². The summed E-state index contributed by atoms with van der Waals surface area (Å²) in [5.41, 5.74) is 2.25. The molecule has 0 aliphatic carbocycles. The van der Waals surface area contributed by atoms with Crippen LogP contribution in [0.4, 0.5) is 0 Å². The molecule has 1 aromatic rings. The molecule has 2 rings (SSSR count). The van der Waals surface area contributed by atoms with Crippen LogP contribution in [0.5, 0.6) is 0 Å². The van der Waals surface area contributed by atoms with Gasteiger partial charge < -0.3 is 0 Å². The lowest BCUT2D eigenvalue weighted by Gasteiger charge is -2.01. The molecule has 11 heavy (non-hydrogen) atoms. The lowest BCUT2D eigenvalue weighted by molar-refractivity contribution is 0.350. The Kier molecular flexibility index (Phi) is 1.55. The third-order valence-corrected chi connectivity index (χ3v) is 1.97. The number of fused-ring (bicyclic) bond motifs is 1. The smallest absolute Gasteiger partial charge is 0.152 e. The van der Waals surface area contributed by atoms with Gasteiger partial charge >= 0.3 is 0 Å². The van der Waals surface area contributed by atoms with E-state index in [2.05, 4.69) is 22.1 Å². The van der Waals surface area contributed by atoms with Crippen LogP contribution in [0.2, 0.25) is 5.15 Å². The number of nitrogens with zero attached hydrogens (tertiary/aromatic N) is 3. The van der Waals surface area contributed by atoms with Crippen molar-refractivity contribution in [2.45, 2.75) is 13.1 Å². The topological polar surface area (TPSA) is 29.0 Å². The van der Waals surface area contributed by atoms with Crippen LogP contribution in [0.1, 0.15) is 11.3 Å². The first-order chi connectivity index (χ1) is 5.25. The molecule has 3 nitrogen and oxygen atoms in total. The van der Waals surface area contributed by atoms with Crippen LogP contribution < -0.4 is 0 Å². The first-order valence-corrected chi connectivity index (χ1v) is 3.83. The molecule has 2 heterocycles. The van der Waals surface area contributed by atoms with Gasteiger partial charge in [0, 0.05) is 13.1 Å². The zero-order valence-corrected chi connectivity index (χ0v) is 6.97. The van der Waals surface area contributed by atoms with Gasteiger partial charge in [0.25, 0.3) is 0 Å². The molecule has 1 aromatic heterocycles. The third-order valence-electron chi connectivity index (χ3n) is 1.79. The Labute approximate surface area is 70.0 Å². The van der Waals surface area contributed by atoms with Crippen molar-refractivity contribution < 1.29 is 0 Å². The van der Waals surface area contributed by atoms with Gasteiger partial charge in [-0.1, -0.05) is 11.6 Å². The van der Waals surface area contributed by atoms with E-state index >= 15 is 0 Å². The quantitative estimate of drug-likeness (QED) is 0.582. The maximum Gasteiger partial charge on any atom is 0.152 e. The van der Waals surface area contributed by atoms with Crippen molar-refractivity contribution in [3.63, 3.8) is 0 Å². The fraction of sp³-hybridized carbons (Fsp3) is 0.429. The number of halogens is 1. The number of hydrogen-bond acceptors (Lipinski definition) is 3. The first kappa shape index (κ1) is 7.00. The molecule has 0 atom stereocenters. The summed E-state index contributed by atoms with van der Waals surface area (Å²) in [6, 6.07) is 1.88. The van der Waals surface area contributed by atoms with Gasteiger partial charge in [-0.15, -0.1) is 5.10 Å². The van der Waals surface area contributed by atoms with E-state index < -0.39 is 0 Å². The first-order valence-electron chi connectivity index (χ1n) is 3.45. The van der Waals surface area contributed by atoms with Crippen molar-refractivity contribution in [2.24, 2.45) is 0 Å². The number of hydrogen-bond donors (Lipinski definition) is 0. The van der Waals surface area contributed by atoms with Crippen molar-refractivity contribution in [1.82, 2.24) is 15.1 Å². The summed E-state index contributed by atoms with van der Waals surface area (Å²) in [5.74, 6) is 0. The zero-order valence-electron chi connectivity index (χ0n) is 6.21. The van der Waals surface area contributed by atoms with Crippen LogP contribution in [0.15, 0.2) is 6.07 Å². The molecule has 0 saturated carbocycles. The van der Waals surface area contributed by atoms with Gasteiger partial charge in [-0.25, -0.2) is 0 Å². The molecule has 0 N–H and O–H groups in total. The van der Waals surface area contributed by atoms with E-state index in [9.17, 15) is 0 Å². The summed E-state index contributed by atoms with van der Waals surface area (Å²) < 4.78 is 0. The highest BCUT2D eigenvalue weighted by Gasteiger charge is 2.17. The largest absolute Gasteiger partial charge is 0.296 e. The van der Waals surface area contributed by atoms with E-state index in [1.54, 1.807) is 0 Å². The second-order valence-corrected chi connectivity index (χ2v) is 3.20. The van der Waals surface area contributed by atoms with Crippen LogP contribution in [0.3, 0.4) is 0 Å². The minimum atomic E-state index is 0.485. The van der Waals surface area contributed by atoms with Crippen molar-refractivity contribution in [3.05, 3.63) is 22.5 Å². The molecule has 1 aliphatic rings. The minimum absolute atomic E-state index is 0.485. The zero-order chi connectivity index (χ0) is 7.84. The fourth-order valence-corrected chi connectivity index (χ4v) is 1.47. The Morgan fingerprint density at radius 1 is 1.45 bits per heavy atom. The Hall–Kier alpha value is -0.670. The van der Waals surface area contributed by atoms with Crippen LogP contribution in [-0.4, -0.2) is 22.1 Å². The Balaban J connectivity index is 2.43. The summed E-state index contributed by atoms with van der Waals surface area (Å²) in [4.78, 5) is 2.18. The second-order valence-electron chi connectivity index (χ2n) is 2.81. The average Bonchev–Trinajstić information content (AvgIpc) is 2.27. The second kappa shape index (κ2) is 2.43. The Morgan fingerprint density at radius 3 is 3.09 bits per heavy atom. The maximum atomic E-state index is 5.68. The van der Waals surface area contributed by atoms with Crippen molar-refractivity contribution in [1.29, 1.82) is 0 Å². The average molecular weight is 170 g/mol. The highest BCUT2D eigenvalue weighted by Crippen LogP contribution is 2.19. The van der Waals surface area contributed by atoms with Gasteiger partial charge in [0.1, 0.15) is 0 Å². The molecule has 1 aliphatic heterocycles. The highest BCUT2D eigenvalue weighted by molar-refractivity contribution is 6.29. The van der Waals surface area contributed by atoms with Crippen molar-refractivity contribution >= 4 is 11.6 Å². The monoisotopic (exact) mass is 169 g/mol. The van der Waals surface area contributed by atoms with Gasteiger partial charge in [-0.2, -0.15) is 5.10 Å². The number of rotatable bonds is 0. The highest BCUT2D eigenvalue weighted by atomic mass is 35.5. The molecular formula is C7H8ClN3. The number of aromatic nitrogens is 2. The summed E-state index contributed by atoms with van der Waals surface area (Å²) >= 11 is 5.68. The van der Waals surface area contributed by atoms with Gasteiger partial charge in [-0.3, -0.25) is 4.90 Å². The molecule has 0 unspecified atom stereocenters. The van der Waals surface area contributed by atoms with Crippen LogP contribution in [-0.2, 0) is 13.1 Å². The SMILES string of the molecule is CN1Cc2cc(Cl)nnc2C1. The molecule has 58 valence electrons. The standard InChI is InChI=1S/C7H8ClN3/c1-11-3-5-2-7(8)10-9-6(5)4-11/h2H,3-4H2,1H3. The van der Waals surface area contributed by atoms with Crippen molar-refractivity contribution in [2.75, 3.05) is 7.05 Å². The van der Waals surface area contributed by atoms with E-state index in [1.165, 1.54) is 5.56 Å². The molecular weight excluding hydrogens is 162 g/mol. The molecule has 0 spiro atoms. The van der Waals surface area contributed by atoms with Crippen molar-refractivity contribution in [3.8, 4) is 0 Å². The van der Waals surface area contributed by atoms with Gasteiger partial charge in [-0.05, 0) is 18.7 Å². The Bertz CT molecular complexity index is 287. The van der Waals surface area contributed by atoms with E-state index in [0.717, 1.165) is 18.8 Å². The molecule has 0 radical (unpaired) electrons. The molecule has 4 heteroatoms. The molecule has 0 amide bonds. The van der Waals surface area contributed by atoms with Gasteiger partial charge in [0.2, 0.25) is 0 Å². The predicted molar refractivity (Wildman–Crippen MR) is 42.2 cm³/mol. The molecule has 0 aromatic carbocycles. The van der Waals surface area contributed by atoms with Crippen LogP contribution in [0, 0.1) is 0 Å². The molecule has 0 bridgehead atoms. The maximum absolute atomic E-state index is 5.68. The summed E-state index contributed by atoms with van der Waals surface area (Å²) in [6.45, 7) is 1.82.